The number of nitrogens with zero attached hydrogens (tertiary/aromatic N) is 3. The molecule has 0 saturated carbocycles. The topological polar surface area (TPSA) is 87.4 Å². The molecule has 28 heavy (non-hydrogen) atoms. The summed E-state index contributed by atoms with van der Waals surface area (Å²) in [6, 6.07) is 15.8. The molecule has 7 nitrogen and oxygen atoms in total. The summed E-state index contributed by atoms with van der Waals surface area (Å²) in [5.41, 5.74) is 2.01. The van der Waals surface area contributed by atoms with Crippen LogP contribution in [0.4, 0.5) is 5.69 Å². The number of hydrogen-bond donors (Lipinski definition) is 0. The van der Waals surface area contributed by atoms with Crippen LogP contribution in [0.25, 0.3) is 21.3 Å². The quantitative estimate of drug-likeness (QED) is 0.330. The highest BCUT2D eigenvalue weighted by Crippen LogP contribution is 2.39. The molecule has 8 heteroatoms. The van der Waals surface area contributed by atoms with Crippen molar-refractivity contribution in [3.63, 3.8) is 0 Å². The lowest BCUT2D eigenvalue weighted by Gasteiger charge is -2.09. The zero-order valence-corrected chi connectivity index (χ0v) is 15.7. The number of nitro benzene ring substituents is 1. The van der Waals surface area contributed by atoms with Crippen molar-refractivity contribution in [3.05, 3.63) is 75.9 Å². The third-order valence-electron chi connectivity index (χ3n) is 4.07. The third kappa shape index (κ3) is 3.55. The van der Waals surface area contributed by atoms with Gasteiger partial charge in [0.05, 0.1) is 10.3 Å². The van der Waals surface area contributed by atoms with Gasteiger partial charge in [0.1, 0.15) is 17.2 Å². The molecule has 4 aromatic rings. The van der Waals surface area contributed by atoms with E-state index in [0.717, 1.165) is 21.3 Å². The Morgan fingerprint density at radius 2 is 1.82 bits per heavy atom. The van der Waals surface area contributed by atoms with Crippen molar-refractivity contribution >= 4 is 27.2 Å². The molecule has 0 fully saturated rings. The minimum absolute atomic E-state index is 0.000708. The third-order valence-corrected chi connectivity index (χ3v) is 4.94. The Labute approximate surface area is 164 Å². The fourth-order valence-electron chi connectivity index (χ4n) is 2.80. The fourth-order valence-corrected chi connectivity index (χ4v) is 3.75. The van der Waals surface area contributed by atoms with Crippen LogP contribution in [0.3, 0.4) is 0 Å². The molecule has 0 aliphatic rings. The summed E-state index contributed by atoms with van der Waals surface area (Å²) >= 11 is 1.50. The summed E-state index contributed by atoms with van der Waals surface area (Å²) in [4.78, 5) is 20.3. The Bertz CT molecular complexity index is 1130. The van der Waals surface area contributed by atoms with E-state index in [2.05, 4.69) is 9.97 Å². The van der Waals surface area contributed by atoms with E-state index in [4.69, 9.17) is 9.47 Å². The van der Waals surface area contributed by atoms with E-state index in [9.17, 15) is 10.1 Å². The molecule has 0 N–H and O–H groups in total. The summed E-state index contributed by atoms with van der Waals surface area (Å²) < 4.78 is 11.2. The second-order valence-corrected chi connectivity index (χ2v) is 6.78. The van der Waals surface area contributed by atoms with E-state index in [1.807, 2.05) is 35.7 Å². The number of nitro groups is 1. The maximum Gasteiger partial charge on any atom is 0.269 e. The van der Waals surface area contributed by atoms with Crippen LogP contribution in [0.15, 0.2) is 60.0 Å². The first-order valence-electron chi connectivity index (χ1n) is 8.40. The highest BCUT2D eigenvalue weighted by molar-refractivity contribution is 7.17. The molecular weight excluding hydrogens is 378 g/mol. The average Bonchev–Trinajstić information content (AvgIpc) is 3.14. The number of non-ortho nitro benzene ring substituents is 1. The van der Waals surface area contributed by atoms with Crippen LogP contribution in [0.1, 0.15) is 5.82 Å². The number of benzene rings is 2. The standard InChI is InChI=1S/C20H15N3O4S/c1-26-11-17-21-19(27-15-9-7-14(8-10-15)23(24)25)18-16(12-28-20(18)22-17)13-5-3-2-4-6-13/h2-10,12H,11H2,1H3. The van der Waals surface area contributed by atoms with Crippen LogP contribution in [0, 0.1) is 10.1 Å². The van der Waals surface area contributed by atoms with E-state index in [1.54, 1.807) is 19.2 Å². The molecular formula is C20H15N3O4S. The van der Waals surface area contributed by atoms with E-state index in [-0.39, 0.29) is 12.3 Å². The van der Waals surface area contributed by atoms with Gasteiger partial charge in [-0.2, -0.15) is 4.98 Å². The van der Waals surface area contributed by atoms with Gasteiger partial charge in [0.2, 0.25) is 5.88 Å². The second-order valence-electron chi connectivity index (χ2n) is 5.93. The fraction of sp³-hybridized carbons (Fsp3) is 0.100. The van der Waals surface area contributed by atoms with Crippen molar-refractivity contribution in [2.24, 2.45) is 0 Å². The molecule has 2 aromatic carbocycles. The zero-order chi connectivity index (χ0) is 19.5. The van der Waals surface area contributed by atoms with Crippen LogP contribution in [-0.2, 0) is 11.3 Å². The first-order chi connectivity index (χ1) is 13.7. The summed E-state index contributed by atoms with van der Waals surface area (Å²) in [5, 5.41) is 13.7. The zero-order valence-electron chi connectivity index (χ0n) is 14.9. The monoisotopic (exact) mass is 393 g/mol. The smallest absolute Gasteiger partial charge is 0.269 e. The molecule has 0 aliphatic carbocycles. The van der Waals surface area contributed by atoms with Gasteiger partial charge in [0.25, 0.3) is 5.69 Å². The molecule has 0 unspecified atom stereocenters. The van der Waals surface area contributed by atoms with Gasteiger partial charge in [-0.25, -0.2) is 4.98 Å². The maximum absolute atomic E-state index is 10.9. The Morgan fingerprint density at radius 3 is 2.50 bits per heavy atom. The minimum atomic E-state index is -0.449. The largest absolute Gasteiger partial charge is 0.438 e. The van der Waals surface area contributed by atoms with Gasteiger partial charge in [-0.3, -0.25) is 10.1 Å². The maximum atomic E-state index is 10.9. The lowest BCUT2D eigenvalue weighted by atomic mass is 10.1. The number of fused-ring (bicyclic) bond motifs is 1. The molecule has 0 aliphatic heterocycles. The van der Waals surface area contributed by atoms with Gasteiger partial charge >= 0.3 is 0 Å². The first-order valence-corrected chi connectivity index (χ1v) is 9.28. The molecule has 2 heterocycles. The van der Waals surface area contributed by atoms with Crippen LogP contribution in [-0.4, -0.2) is 22.0 Å². The number of rotatable bonds is 6. The summed E-state index contributed by atoms with van der Waals surface area (Å²) in [6.45, 7) is 0.255. The van der Waals surface area contributed by atoms with Crippen molar-refractivity contribution in [2.75, 3.05) is 7.11 Å². The summed E-state index contributed by atoms with van der Waals surface area (Å²) in [5.74, 6) is 1.36. The Hall–Kier alpha value is -3.36. The van der Waals surface area contributed by atoms with Crippen LogP contribution < -0.4 is 4.74 Å². The number of hydrogen-bond acceptors (Lipinski definition) is 7. The molecule has 0 bridgehead atoms. The van der Waals surface area contributed by atoms with Crippen molar-refractivity contribution in [1.82, 2.24) is 9.97 Å². The lowest BCUT2D eigenvalue weighted by Crippen LogP contribution is -2.00. The van der Waals surface area contributed by atoms with E-state index < -0.39 is 4.92 Å². The highest BCUT2D eigenvalue weighted by atomic mass is 32.1. The minimum Gasteiger partial charge on any atom is -0.438 e. The SMILES string of the molecule is COCc1nc(Oc2ccc([N+](=O)[O-])cc2)c2c(-c3ccccc3)csc2n1. The second kappa shape index (κ2) is 7.71. The molecule has 0 amide bonds. The molecule has 0 saturated heterocycles. The first kappa shape index (κ1) is 18.0. The van der Waals surface area contributed by atoms with Crippen molar-refractivity contribution in [2.45, 2.75) is 6.61 Å². The Morgan fingerprint density at radius 1 is 1.07 bits per heavy atom. The normalized spacial score (nSPS) is 10.9. The Kier molecular flexibility index (Phi) is 4.96. The van der Waals surface area contributed by atoms with Crippen LogP contribution >= 0.6 is 11.3 Å². The lowest BCUT2D eigenvalue weighted by molar-refractivity contribution is -0.384. The molecule has 4 rings (SSSR count). The summed E-state index contributed by atoms with van der Waals surface area (Å²) in [6.07, 6.45) is 0. The van der Waals surface area contributed by atoms with Crippen LogP contribution in [0.2, 0.25) is 0 Å². The predicted octanol–water partition coefficient (Wildman–Crippen LogP) is 5.21. The number of ether oxygens (including phenoxy) is 2. The van der Waals surface area contributed by atoms with Crippen molar-refractivity contribution in [3.8, 4) is 22.8 Å². The summed E-state index contributed by atoms with van der Waals surface area (Å²) in [7, 11) is 1.58. The van der Waals surface area contributed by atoms with Gasteiger partial charge in [-0.15, -0.1) is 11.3 Å². The number of methoxy groups -OCH3 is 1. The van der Waals surface area contributed by atoms with Gasteiger partial charge in [-0.1, -0.05) is 30.3 Å². The van der Waals surface area contributed by atoms with E-state index in [0.29, 0.717) is 17.5 Å². The highest BCUT2D eigenvalue weighted by Gasteiger charge is 2.17. The van der Waals surface area contributed by atoms with Gasteiger partial charge < -0.3 is 9.47 Å². The Balaban J connectivity index is 1.82. The van der Waals surface area contributed by atoms with Crippen molar-refractivity contribution < 1.29 is 14.4 Å². The molecule has 140 valence electrons. The van der Waals surface area contributed by atoms with Gasteiger partial charge in [0.15, 0.2) is 5.82 Å². The number of thiophene rings is 1. The molecule has 0 spiro atoms. The predicted molar refractivity (Wildman–Crippen MR) is 107 cm³/mol. The van der Waals surface area contributed by atoms with E-state index in [1.165, 1.54) is 23.5 Å². The van der Waals surface area contributed by atoms with Crippen molar-refractivity contribution in [1.29, 1.82) is 0 Å². The average molecular weight is 393 g/mol. The van der Waals surface area contributed by atoms with Crippen LogP contribution in [0.5, 0.6) is 11.6 Å². The molecule has 0 atom stereocenters. The van der Waals surface area contributed by atoms with Gasteiger partial charge in [0, 0.05) is 30.2 Å². The number of aromatic nitrogens is 2. The molecule has 2 aromatic heterocycles. The van der Waals surface area contributed by atoms with Gasteiger partial charge in [-0.05, 0) is 17.7 Å². The van der Waals surface area contributed by atoms with E-state index >= 15 is 0 Å². The molecule has 0 radical (unpaired) electrons.